The Kier molecular flexibility index (Phi) is 3.46. The molecule has 7 atom stereocenters. The van der Waals surface area contributed by atoms with Crippen LogP contribution in [0.25, 0.3) is 0 Å². The van der Waals surface area contributed by atoms with E-state index in [1.165, 1.54) is 37.5 Å². The molecule has 0 amide bonds. The van der Waals surface area contributed by atoms with Gasteiger partial charge in [0, 0.05) is 18.1 Å². The van der Waals surface area contributed by atoms with Crippen molar-refractivity contribution in [2.24, 2.45) is 35.5 Å². The van der Waals surface area contributed by atoms with E-state index < -0.39 is 16.5 Å². The van der Waals surface area contributed by atoms with Crippen LogP contribution in [0.15, 0.2) is 30.9 Å². The first kappa shape index (κ1) is 16.8. The van der Waals surface area contributed by atoms with Crippen LogP contribution in [0.5, 0.6) is 5.75 Å². The minimum Gasteiger partial charge on any atom is -0.478 e. The average molecular weight is 369 g/mol. The number of fused-ring (bicyclic) bond motifs is 9. The molecule has 1 aromatic carbocycles. The van der Waals surface area contributed by atoms with Gasteiger partial charge in [0.15, 0.2) is 5.75 Å². The second-order valence-electron chi connectivity index (χ2n) is 8.80. The van der Waals surface area contributed by atoms with Gasteiger partial charge in [0.05, 0.1) is 10.5 Å². The van der Waals surface area contributed by atoms with Gasteiger partial charge in [-0.15, -0.1) is 0 Å². The van der Waals surface area contributed by atoms with E-state index in [0.717, 1.165) is 30.6 Å². The zero-order chi connectivity index (χ0) is 18.9. The summed E-state index contributed by atoms with van der Waals surface area (Å²) in [6.45, 7) is 4.03. The number of rotatable bonds is 5. The molecule has 142 valence electrons. The quantitative estimate of drug-likeness (QED) is 0.362. The molecule has 0 spiro atoms. The SMILES string of the molecule is C=CC1(Oc2cc(C(=O)O)ccc2[N+](=O)[O-])CC2CC1C1C3CCC(C3)C21. The van der Waals surface area contributed by atoms with E-state index in [4.69, 9.17) is 4.74 Å². The van der Waals surface area contributed by atoms with Crippen LogP contribution in [0.4, 0.5) is 5.69 Å². The van der Waals surface area contributed by atoms with Crippen molar-refractivity contribution in [3.63, 3.8) is 0 Å². The maximum atomic E-state index is 11.5. The second-order valence-corrected chi connectivity index (χ2v) is 8.80. The molecule has 7 unspecified atom stereocenters. The molecule has 4 fully saturated rings. The van der Waals surface area contributed by atoms with Gasteiger partial charge in [-0.2, -0.15) is 0 Å². The van der Waals surface area contributed by atoms with E-state index in [-0.39, 0.29) is 17.0 Å². The van der Waals surface area contributed by atoms with Crippen molar-refractivity contribution in [2.75, 3.05) is 0 Å². The highest BCUT2D eigenvalue weighted by Crippen LogP contribution is 2.70. The van der Waals surface area contributed by atoms with Crippen molar-refractivity contribution in [3.8, 4) is 5.75 Å². The van der Waals surface area contributed by atoms with E-state index in [0.29, 0.717) is 17.8 Å². The topological polar surface area (TPSA) is 89.7 Å². The van der Waals surface area contributed by atoms with Gasteiger partial charge in [-0.3, -0.25) is 10.1 Å². The van der Waals surface area contributed by atoms with Gasteiger partial charge in [-0.05, 0) is 73.8 Å². The fourth-order valence-corrected chi connectivity index (χ4v) is 7.10. The first-order valence-corrected chi connectivity index (χ1v) is 9.78. The smallest absolute Gasteiger partial charge is 0.335 e. The summed E-state index contributed by atoms with van der Waals surface area (Å²) in [5.41, 5.74) is -0.817. The van der Waals surface area contributed by atoms with Gasteiger partial charge in [0.1, 0.15) is 5.60 Å². The molecule has 0 aromatic heterocycles. The molecule has 0 saturated heterocycles. The largest absolute Gasteiger partial charge is 0.478 e. The Morgan fingerprint density at radius 1 is 1.26 bits per heavy atom. The van der Waals surface area contributed by atoms with Crippen molar-refractivity contribution < 1.29 is 19.6 Å². The van der Waals surface area contributed by atoms with Gasteiger partial charge < -0.3 is 9.84 Å². The molecule has 4 bridgehead atoms. The Morgan fingerprint density at radius 3 is 2.67 bits per heavy atom. The van der Waals surface area contributed by atoms with Crippen LogP contribution in [-0.2, 0) is 0 Å². The number of ether oxygens (including phenoxy) is 1. The third-order valence-electron chi connectivity index (χ3n) is 7.87. The Bertz CT molecular complexity index is 851. The number of hydrogen-bond donors (Lipinski definition) is 1. The normalized spacial score (nSPS) is 40.7. The number of carboxylic acid groups (broad SMARTS) is 1. The highest BCUT2D eigenvalue weighted by atomic mass is 16.6. The number of carbonyl (C=O) groups is 1. The average Bonchev–Trinajstić information content (AvgIpc) is 3.40. The monoisotopic (exact) mass is 369 g/mol. The third kappa shape index (κ3) is 2.22. The first-order chi connectivity index (χ1) is 12.9. The summed E-state index contributed by atoms with van der Waals surface area (Å²) in [4.78, 5) is 22.3. The predicted molar refractivity (Wildman–Crippen MR) is 97.6 cm³/mol. The summed E-state index contributed by atoms with van der Waals surface area (Å²) < 4.78 is 6.32. The van der Waals surface area contributed by atoms with Crippen molar-refractivity contribution in [2.45, 2.75) is 37.7 Å². The van der Waals surface area contributed by atoms with Crippen LogP contribution in [-0.4, -0.2) is 21.6 Å². The zero-order valence-electron chi connectivity index (χ0n) is 15.0. The molecule has 4 saturated carbocycles. The number of benzene rings is 1. The van der Waals surface area contributed by atoms with Crippen molar-refractivity contribution >= 4 is 11.7 Å². The van der Waals surface area contributed by atoms with Gasteiger partial charge in [0.2, 0.25) is 0 Å². The second kappa shape index (κ2) is 5.57. The molecule has 6 heteroatoms. The Balaban J connectivity index is 1.52. The van der Waals surface area contributed by atoms with Crippen molar-refractivity contribution in [1.29, 1.82) is 0 Å². The number of aromatic carboxylic acids is 1. The highest BCUT2D eigenvalue weighted by Gasteiger charge is 2.67. The molecule has 6 nitrogen and oxygen atoms in total. The van der Waals surface area contributed by atoms with Crippen LogP contribution in [0.3, 0.4) is 0 Å². The van der Waals surface area contributed by atoms with E-state index in [9.17, 15) is 20.0 Å². The summed E-state index contributed by atoms with van der Waals surface area (Å²) in [5, 5.41) is 20.7. The number of carboxylic acids is 1. The molecule has 27 heavy (non-hydrogen) atoms. The summed E-state index contributed by atoms with van der Waals surface area (Å²) >= 11 is 0. The molecule has 1 N–H and O–H groups in total. The standard InChI is InChI=1S/C21H23NO5/c1-2-21(27-17-9-13(20(23)24)5-6-16(17)22(25)26)10-14-8-15(21)19-12-4-3-11(7-12)18(14)19/h2,5-6,9,11-12,14-15,18-19H,1,3-4,7-8,10H2,(H,23,24). The number of nitro groups is 1. The maximum absolute atomic E-state index is 11.5. The van der Waals surface area contributed by atoms with Gasteiger partial charge >= 0.3 is 11.7 Å². The molecule has 1 aromatic rings. The maximum Gasteiger partial charge on any atom is 0.335 e. The Hall–Kier alpha value is -2.37. The van der Waals surface area contributed by atoms with E-state index in [1.54, 1.807) is 0 Å². The lowest BCUT2D eigenvalue weighted by Gasteiger charge is -2.44. The Morgan fingerprint density at radius 2 is 2.00 bits per heavy atom. The fourth-order valence-electron chi connectivity index (χ4n) is 7.10. The van der Waals surface area contributed by atoms with Crippen molar-refractivity contribution in [1.82, 2.24) is 0 Å². The lowest BCUT2D eigenvalue weighted by atomic mass is 9.65. The molecule has 0 heterocycles. The van der Waals surface area contributed by atoms with E-state index in [2.05, 4.69) is 6.58 Å². The van der Waals surface area contributed by atoms with Crippen LogP contribution in [0.1, 0.15) is 42.5 Å². The summed E-state index contributed by atoms with van der Waals surface area (Å²) in [7, 11) is 0. The molecule has 4 aliphatic rings. The van der Waals surface area contributed by atoms with Crippen LogP contribution >= 0.6 is 0 Å². The summed E-state index contributed by atoms with van der Waals surface area (Å²) in [6, 6.07) is 3.76. The fraction of sp³-hybridized carbons (Fsp3) is 0.571. The number of nitrogens with zero attached hydrogens (tertiary/aromatic N) is 1. The van der Waals surface area contributed by atoms with E-state index >= 15 is 0 Å². The minimum atomic E-state index is -1.12. The van der Waals surface area contributed by atoms with Crippen LogP contribution in [0.2, 0.25) is 0 Å². The summed E-state index contributed by atoms with van der Waals surface area (Å²) in [5.74, 6) is 2.85. The van der Waals surface area contributed by atoms with Gasteiger partial charge in [0.25, 0.3) is 0 Å². The first-order valence-electron chi connectivity index (χ1n) is 9.78. The predicted octanol–water partition coefficient (Wildman–Crippen LogP) is 4.30. The van der Waals surface area contributed by atoms with Crippen molar-refractivity contribution in [3.05, 3.63) is 46.5 Å². The van der Waals surface area contributed by atoms with E-state index in [1.807, 2.05) is 6.08 Å². The van der Waals surface area contributed by atoms with Gasteiger partial charge in [-0.1, -0.05) is 6.58 Å². The molecule has 5 rings (SSSR count). The molecule has 0 radical (unpaired) electrons. The van der Waals surface area contributed by atoms with Gasteiger partial charge in [-0.25, -0.2) is 4.79 Å². The molecular weight excluding hydrogens is 346 g/mol. The molecule has 0 aliphatic heterocycles. The summed E-state index contributed by atoms with van der Waals surface area (Å²) in [6.07, 6.45) is 7.72. The lowest BCUT2D eigenvalue weighted by molar-refractivity contribution is -0.386. The molecule has 4 aliphatic carbocycles. The Labute approximate surface area is 157 Å². The number of nitro benzene ring substituents is 1. The zero-order valence-corrected chi connectivity index (χ0v) is 15.0. The van der Waals surface area contributed by atoms with Crippen LogP contribution < -0.4 is 4.74 Å². The van der Waals surface area contributed by atoms with Crippen LogP contribution in [0, 0.1) is 45.6 Å². The highest BCUT2D eigenvalue weighted by molar-refractivity contribution is 5.88. The third-order valence-corrected chi connectivity index (χ3v) is 7.87. The number of hydrogen-bond acceptors (Lipinski definition) is 4. The lowest BCUT2D eigenvalue weighted by Crippen LogP contribution is -2.47. The minimum absolute atomic E-state index is 0.00392. The molecular formula is C21H23NO5.